The van der Waals surface area contributed by atoms with Crippen LogP contribution in [-0.2, 0) is 9.53 Å². The van der Waals surface area contributed by atoms with Gasteiger partial charge in [-0.05, 0) is 37.1 Å². The predicted octanol–water partition coefficient (Wildman–Crippen LogP) is 1.27. The normalized spacial score (nSPS) is 17.5. The molecule has 1 fully saturated rings. The summed E-state index contributed by atoms with van der Waals surface area (Å²) in [7, 11) is 1.54. The van der Waals surface area contributed by atoms with Crippen LogP contribution in [0.15, 0.2) is 24.3 Å². The number of hydrogen-bond acceptors (Lipinski definition) is 5. The summed E-state index contributed by atoms with van der Waals surface area (Å²) < 4.78 is 10.6. The van der Waals surface area contributed by atoms with Gasteiger partial charge in [0.2, 0.25) is 5.91 Å². The van der Waals surface area contributed by atoms with Crippen molar-refractivity contribution in [2.45, 2.75) is 24.9 Å². The number of carbonyl (C=O) groups excluding carboxylic acids is 1. The molecule has 1 aliphatic heterocycles. The molecule has 0 saturated carbocycles. The maximum atomic E-state index is 11.9. The molecule has 0 aromatic heterocycles. The number of benzene rings is 1. The minimum absolute atomic E-state index is 0.138. The number of hydrogen-bond donors (Lipinski definition) is 2. The molecule has 6 nitrogen and oxygen atoms in total. The first-order valence-electron chi connectivity index (χ1n) is 8.24. The topological polar surface area (TPSA) is 76.8 Å². The highest BCUT2D eigenvalue weighted by Gasteiger charge is 2.22. The summed E-state index contributed by atoms with van der Waals surface area (Å²) in [4.78, 5) is 14.2. The van der Waals surface area contributed by atoms with Crippen molar-refractivity contribution in [2.75, 3.05) is 40.0 Å². The average molecular weight is 356 g/mol. The molecule has 2 rings (SSSR count). The van der Waals surface area contributed by atoms with Gasteiger partial charge in [0.1, 0.15) is 18.4 Å². The molecular weight excluding hydrogens is 330 g/mol. The number of nitrogens with two attached hydrogens (primary N) is 1. The molecule has 1 aromatic rings. The van der Waals surface area contributed by atoms with Gasteiger partial charge >= 0.3 is 0 Å². The van der Waals surface area contributed by atoms with Crippen LogP contribution < -0.4 is 15.8 Å². The van der Waals surface area contributed by atoms with Crippen LogP contribution in [0.25, 0.3) is 0 Å². The number of carbonyl (C=O) groups is 1. The van der Waals surface area contributed by atoms with E-state index >= 15 is 0 Å². The van der Waals surface area contributed by atoms with Crippen molar-refractivity contribution >= 4 is 17.5 Å². The van der Waals surface area contributed by atoms with Crippen LogP contribution in [0.1, 0.15) is 12.8 Å². The molecule has 0 radical (unpaired) electrons. The van der Waals surface area contributed by atoms with E-state index in [-0.39, 0.29) is 18.6 Å². The van der Waals surface area contributed by atoms with E-state index < -0.39 is 6.04 Å². The highest BCUT2D eigenvalue weighted by atomic mass is 35.5. The van der Waals surface area contributed by atoms with E-state index in [9.17, 15) is 4.79 Å². The lowest BCUT2D eigenvalue weighted by molar-refractivity contribution is -0.124. The third kappa shape index (κ3) is 6.28. The first-order valence-corrected chi connectivity index (χ1v) is 8.62. The summed E-state index contributed by atoms with van der Waals surface area (Å²) in [5.74, 6) is 0.690. The van der Waals surface area contributed by atoms with Gasteiger partial charge in [-0.3, -0.25) is 9.69 Å². The molecular formula is C17H26ClN3O3. The Hall–Kier alpha value is -1.34. The van der Waals surface area contributed by atoms with Crippen LogP contribution in [-0.4, -0.2) is 62.8 Å². The SMILES string of the molecule is COCC(N)C(=O)NC1CCN(CCOc2ccc(Cl)cc2)CC1. The van der Waals surface area contributed by atoms with Crippen LogP contribution >= 0.6 is 11.6 Å². The van der Waals surface area contributed by atoms with Crippen molar-refractivity contribution in [3.05, 3.63) is 29.3 Å². The molecule has 3 N–H and O–H groups in total. The van der Waals surface area contributed by atoms with Crippen molar-refractivity contribution < 1.29 is 14.3 Å². The third-order valence-electron chi connectivity index (χ3n) is 4.11. The number of methoxy groups -OCH3 is 1. The van der Waals surface area contributed by atoms with Gasteiger partial charge in [-0.1, -0.05) is 11.6 Å². The Morgan fingerprint density at radius 2 is 2.04 bits per heavy atom. The van der Waals surface area contributed by atoms with E-state index in [2.05, 4.69) is 10.2 Å². The van der Waals surface area contributed by atoms with E-state index in [4.69, 9.17) is 26.8 Å². The van der Waals surface area contributed by atoms with Crippen LogP contribution in [0.5, 0.6) is 5.75 Å². The molecule has 7 heteroatoms. The van der Waals surface area contributed by atoms with Crippen molar-refractivity contribution in [3.8, 4) is 5.75 Å². The van der Waals surface area contributed by atoms with E-state index in [1.165, 1.54) is 7.11 Å². The number of halogens is 1. The zero-order valence-electron chi connectivity index (χ0n) is 14.0. The number of nitrogens with zero attached hydrogens (tertiary/aromatic N) is 1. The number of piperidine rings is 1. The zero-order chi connectivity index (χ0) is 17.4. The van der Waals surface area contributed by atoms with Crippen molar-refractivity contribution in [1.29, 1.82) is 0 Å². The monoisotopic (exact) mass is 355 g/mol. The van der Waals surface area contributed by atoms with Crippen LogP contribution in [0.3, 0.4) is 0 Å². The molecule has 1 atom stereocenters. The smallest absolute Gasteiger partial charge is 0.239 e. The second kappa shape index (κ2) is 9.84. The van der Waals surface area contributed by atoms with Gasteiger partial charge in [-0.15, -0.1) is 0 Å². The standard InChI is InChI=1S/C17H26ClN3O3/c1-23-12-16(19)17(22)20-14-6-8-21(9-7-14)10-11-24-15-4-2-13(18)3-5-15/h2-5,14,16H,6-12,19H2,1H3,(H,20,22). The Morgan fingerprint density at radius 3 is 2.67 bits per heavy atom. The fourth-order valence-corrected chi connectivity index (χ4v) is 2.81. The van der Waals surface area contributed by atoms with Crippen molar-refractivity contribution in [1.82, 2.24) is 10.2 Å². The van der Waals surface area contributed by atoms with Gasteiger partial charge < -0.3 is 20.5 Å². The van der Waals surface area contributed by atoms with E-state index in [0.29, 0.717) is 11.6 Å². The Morgan fingerprint density at radius 1 is 1.38 bits per heavy atom. The summed E-state index contributed by atoms with van der Waals surface area (Å²) in [6.07, 6.45) is 1.85. The highest BCUT2D eigenvalue weighted by molar-refractivity contribution is 6.30. The van der Waals surface area contributed by atoms with Crippen molar-refractivity contribution in [3.63, 3.8) is 0 Å². The lowest BCUT2D eigenvalue weighted by Crippen LogP contribution is -2.51. The molecule has 1 aromatic carbocycles. The Bertz CT molecular complexity index is 504. The fourth-order valence-electron chi connectivity index (χ4n) is 2.69. The van der Waals surface area contributed by atoms with E-state index in [1.807, 2.05) is 24.3 Å². The lowest BCUT2D eigenvalue weighted by Gasteiger charge is -2.32. The summed E-state index contributed by atoms with van der Waals surface area (Å²) in [5.41, 5.74) is 5.73. The van der Waals surface area contributed by atoms with Gasteiger partial charge in [0, 0.05) is 37.8 Å². The third-order valence-corrected chi connectivity index (χ3v) is 4.36. The zero-order valence-corrected chi connectivity index (χ0v) is 14.8. The minimum atomic E-state index is -0.596. The van der Waals surface area contributed by atoms with Gasteiger partial charge in [0.05, 0.1) is 6.61 Å². The molecule has 1 saturated heterocycles. The van der Waals surface area contributed by atoms with E-state index in [1.54, 1.807) is 0 Å². The van der Waals surface area contributed by atoms with Crippen LogP contribution in [0, 0.1) is 0 Å². The van der Waals surface area contributed by atoms with Crippen molar-refractivity contribution in [2.24, 2.45) is 5.73 Å². The molecule has 0 spiro atoms. The maximum absolute atomic E-state index is 11.9. The minimum Gasteiger partial charge on any atom is -0.492 e. The van der Waals surface area contributed by atoms with Gasteiger partial charge in [-0.25, -0.2) is 0 Å². The first-order chi connectivity index (χ1) is 11.6. The molecule has 1 aliphatic rings. The highest BCUT2D eigenvalue weighted by Crippen LogP contribution is 2.16. The van der Waals surface area contributed by atoms with Gasteiger partial charge in [0.15, 0.2) is 0 Å². The Balaban J connectivity index is 1.62. The second-order valence-electron chi connectivity index (χ2n) is 5.99. The molecule has 1 heterocycles. The molecule has 1 unspecified atom stereocenters. The number of ether oxygens (including phenoxy) is 2. The Kier molecular flexibility index (Phi) is 7.78. The van der Waals surface area contributed by atoms with E-state index in [0.717, 1.165) is 38.2 Å². The molecule has 0 bridgehead atoms. The van der Waals surface area contributed by atoms with Gasteiger partial charge in [0.25, 0.3) is 0 Å². The molecule has 24 heavy (non-hydrogen) atoms. The summed E-state index contributed by atoms with van der Waals surface area (Å²) in [6, 6.07) is 6.97. The second-order valence-corrected chi connectivity index (χ2v) is 6.43. The number of amides is 1. The Labute approximate surface area is 148 Å². The quantitative estimate of drug-likeness (QED) is 0.734. The maximum Gasteiger partial charge on any atom is 0.239 e. The first kappa shape index (κ1) is 19.0. The lowest BCUT2D eigenvalue weighted by atomic mass is 10.0. The largest absolute Gasteiger partial charge is 0.492 e. The fraction of sp³-hybridized carbons (Fsp3) is 0.588. The molecule has 134 valence electrons. The number of likely N-dealkylation sites (tertiary alicyclic amines) is 1. The number of rotatable bonds is 8. The van der Waals surface area contributed by atoms with Gasteiger partial charge in [-0.2, -0.15) is 0 Å². The predicted molar refractivity (Wildman–Crippen MR) is 94.4 cm³/mol. The molecule has 0 aliphatic carbocycles. The van der Waals surface area contributed by atoms with Crippen LogP contribution in [0.4, 0.5) is 0 Å². The molecule has 1 amide bonds. The van der Waals surface area contributed by atoms with Crippen LogP contribution in [0.2, 0.25) is 5.02 Å². The number of nitrogens with one attached hydrogen (secondary N) is 1. The summed E-state index contributed by atoms with van der Waals surface area (Å²) >= 11 is 5.85. The summed E-state index contributed by atoms with van der Waals surface area (Å²) in [5, 5.41) is 3.70. The average Bonchev–Trinajstić information content (AvgIpc) is 2.58. The summed E-state index contributed by atoms with van der Waals surface area (Å²) in [6.45, 7) is 3.62.